The monoisotopic (exact) mass is 360 g/mol. The zero-order chi connectivity index (χ0) is 18.5. The fourth-order valence-corrected chi connectivity index (χ4v) is 2.16. The highest BCUT2D eigenvalue weighted by Gasteiger charge is 2.32. The van der Waals surface area contributed by atoms with Crippen molar-refractivity contribution in [3.05, 3.63) is 65.2 Å². The molecule has 0 atom stereocenters. The van der Waals surface area contributed by atoms with E-state index in [-0.39, 0.29) is 12.2 Å². The largest absolute Gasteiger partial charge is 0.573 e. The zero-order valence-electron chi connectivity index (χ0n) is 13.4. The van der Waals surface area contributed by atoms with Gasteiger partial charge in [-0.1, -0.05) is 43.3 Å². The normalized spacial score (nSPS) is 12.2. The Bertz CT molecular complexity index is 663. The Morgan fingerprint density at radius 2 is 1.28 bits per heavy atom. The molecule has 25 heavy (non-hydrogen) atoms. The summed E-state index contributed by atoms with van der Waals surface area (Å²) in [6.45, 7) is 1.73. The number of hydrogen-bond donors (Lipinski definition) is 0. The molecule has 0 fully saturated rings. The molecule has 136 valence electrons. The lowest BCUT2D eigenvalue weighted by Gasteiger charge is -2.17. The van der Waals surface area contributed by atoms with Gasteiger partial charge >= 0.3 is 12.5 Å². The van der Waals surface area contributed by atoms with Crippen LogP contribution in [0.1, 0.15) is 23.6 Å². The Morgan fingerprint density at radius 1 is 0.760 bits per heavy atom. The van der Waals surface area contributed by atoms with Crippen LogP contribution < -0.4 is 4.74 Å². The molecule has 0 saturated carbocycles. The molecule has 2 rings (SSSR count). The molecule has 2 nitrogen and oxygen atoms in total. The van der Waals surface area contributed by atoms with Crippen LogP contribution in [0.15, 0.2) is 48.5 Å². The molecule has 0 radical (unpaired) electrons. The topological polar surface area (TPSA) is 18.5 Å². The van der Waals surface area contributed by atoms with Crippen LogP contribution in [0.4, 0.5) is 22.0 Å². The summed E-state index contributed by atoms with van der Waals surface area (Å²) >= 11 is 0. The maximum Gasteiger partial charge on any atom is 0.573 e. The molecule has 2 aromatic carbocycles. The molecule has 0 aliphatic carbocycles. The molecule has 7 heteroatoms. The van der Waals surface area contributed by atoms with Crippen LogP contribution in [-0.4, -0.2) is 12.5 Å². The Morgan fingerprint density at radius 3 is 1.80 bits per heavy atom. The zero-order valence-corrected chi connectivity index (χ0v) is 13.4. The molecule has 0 aromatic heterocycles. The van der Waals surface area contributed by atoms with Gasteiger partial charge in [0.1, 0.15) is 5.75 Å². The maximum absolute atomic E-state index is 13.9. The molecule has 0 unspecified atom stereocenters. The third kappa shape index (κ3) is 6.70. The van der Waals surface area contributed by atoms with Crippen LogP contribution in [0.5, 0.6) is 5.75 Å². The predicted molar refractivity (Wildman–Crippen MR) is 82.4 cm³/mol. The van der Waals surface area contributed by atoms with Crippen molar-refractivity contribution in [3.8, 4) is 5.75 Å². The summed E-state index contributed by atoms with van der Waals surface area (Å²) in [6.07, 6.45) is -8.14. The highest BCUT2D eigenvalue weighted by Crippen LogP contribution is 2.26. The minimum Gasteiger partial charge on any atom is -0.406 e. The minimum atomic E-state index is -4.82. The van der Waals surface area contributed by atoms with E-state index in [0.717, 1.165) is 36.2 Å². The Labute approximate surface area is 142 Å². The quantitative estimate of drug-likeness (QED) is 0.607. The summed E-state index contributed by atoms with van der Waals surface area (Å²) in [5.41, 5.74) is 1.85. The van der Waals surface area contributed by atoms with Crippen molar-refractivity contribution in [1.82, 2.24) is 0 Å². The van der Waals surface area contributed by atoms with Crippen molar-refractivity contribution in [2.75, 3.05) is 0 Å². The van der Waals surface area contributed by atoms with Crippen molar-refractivity contribution >= 4 is 0 Å². The highest BCUT2D eigenvalue weighted by atomic mass is 19.4. The third-order valence-electron chi connectivity index (χ3n) is 3.45. The fourth-order valence-electron chi connectivity index (χ4n) is 2.16. The molecule has 0 amide bonds. The third-order valence-corrected chi connectivity index (χ3v) is 3.45. The average molecular weight is 360 g/mol. The first-order valence-corrected chi connectivity index (χ1v) is 7.61. The van der Waals surface area contributed by atoms with Gasteiger partial charge in [0, 0.05) is 0 Å². The van der Waals surface area contributed by atoms with Crippen molar-refractivity contribution in [3.63, 3.8) is 0 Å². The summed E-state index contributed by atoms with van der Waals surface area (Å²) in [6, 6.07) is 11.4. The van der Waals surface area contributed by atoms with Gasteiger partial charge in [-0.2, -0.15) is 8.78 Å². The lowest BCUT2D eigenvalue weighted by molar-refractivity contribution is -0.274. The van der Waals surface area contributed by atoms with E-state index in [9.17, 15) is 22.0 Å². The molecular weight excluding hydrogens is 343 g/mol. The molecule has 2 aromatic rings. The fraction of sp³-hybridized carbons (Fsp3) is 0.333. The summed E-state index contributed by atoms with van der Waals surface area (Å²) in [4.78, 5) is 0. The number of ether oxygens (including phenoxy) is 2. The lowest BCUT2D eigenvalue weighted by Crippen LogP contribution is -2.23. The molecule has 0 N–H and O–H groups in total. The molecule has 0 aliphatic heterocycles. The van der Waals surface area contributed by atoms with Gasteiger partial charge in [0.25, 0.3) is 0 Å². The second-order valence-corrected chi connectivity index (χ2v) is 5.46. The second-order valence-electron chi connectivity index (χ2n) is 5.46. The van der Waals surface area contributed by atoms with Gasteiger partial charge in [0.05, 0.1) is 13.0 Å². The van der Waals surface area contributed by atoms with Gasteiger partial charge in [-0.3, -0.25) is 0 Å². The maximum atomic E-state index is 13.9. The number of halogens is 5. The van der Waals surface area contributed by atoms with Crippen molar-refractivity contribution in [1.29, 1.82) is 0 Å². The minimum absolute atomic E-state index is 0.140. The summed E-state index contributed by atoms with van der Waals surface area (Å²) in [5, 5.41) is 0. The van der Waals surface area contributed by atoms with Crippen LogP contribution >= 0.6 is 0 Å². The smallest absolute Gasteiger partial charge is 0.406 e. The molecule has 0 saturated heterocycles. The van der Waals surface area contributed by atoms with E-state index in [1.54, 1.807) is 12.1 Å². The second kappa shape index (κ2) is 7.82. The van der Waals surface area contributed by atoms with E-state index < -0.39 is 24.6 Å². The molecule has 0 aliphatic rings. The van der Waals surface area contributed by atoms with E-state index in [1.165, 1.54) is 0 Å². The van der Waals surface area contributed by atoms with Crippen LogP contribution in [0.2, 0.25) is 0 Å². The first-order valence-electron chi connectivity index (χ1n) is 7.61. The van der Waals surface area contributed by atoms with Gasteiger partial charge in [-0.15, -0.1) is 13.2 Å². The van der Waals surface area contributed by atoms with Crippen LogP contribution in [-0.2, 0) is 24.2 Å². The van der Waals surface area contributed by atoms with Gasteiger partial charge in [0.2, 0.25) is 0 Å². The summed E-state index contributed by atoms with van der Waals surface area (Å²) in [5.74, 6) is -0.462. The van der Waals surface area contributed by atoms with Crippen LogP contribution in [0.3, 0.4) is 0 Å². The lowest BCUT2D eigenvalue weighted by atomic mass is 10.1. The Kier molecular flexibility index (Phi) is 6.00. The Hall–Kier alpha value is -2.15. The molecule has 0 heterocycles. The van der Waals surface area contributed by atoms with Gasteiger partial charge in [0.15, 0.2) is 0 Å². The van der Waals surface area contributed by atoms with Crippen molar-refractivity contribution in [2.24, 2.45) is 0 Å². The number of aryl methyl sites for hydroxylation is 1. The number of alkyl halides is 5. The van der Waals surface area contributed by atoms with E-state index in [2.05, 4.69) is 9.47 Å². The van der Waals surface area contributed by atoms with Crippen molar-refractivity contribution in [2.45, 2.75) is 38.8 Å². The van der Waals surface area contributed by atoms with Crippen molar-refractivity contribution < 1.29 is 31.4 Å². The van der Waals surface area contributed by atoms with Gasteiger partial charge in [-0.05, 0) is 35.2 Å². The highest BCUT2D eigenvalue weighted by molar-refractivity contribution is 5.28. The first-order chi connectivity index (χ1) is 11.7. The van der Waals surface area contributed by atoms with Gasteiger partial charge in [-0.25, -0.2) is 0 Å². The standard InChI is InChI=1S/C18H17F5O2/c1-2-13-3-5-15(6-4-13)12-24-17(19,20)11-14-7-9-16(10-8-14)25-18(21,22)23/h3-10H,2,11-12H2,1H3. The average Bonchev–Trinajstić information content (AvgIpc) is 2.54. The van der Waals surface area contributed by atoms with Crippen LogP contribution in [0.25, 0.3) is 0 Å². The Balaban J connectivity index is 1.91. The van der Waals surface area contributed by atoms with E-state index in [1.807, 2.05) is 19.1 Å². The van der Waals surface area contributed by atoms with E-state index in [4.69, 9.17) is 0 Å². The van der Waals surface area contributed by atoms with E-state index in [0.29, 0.717) is 5.56 Å². The summed E-state index contributed by atoms with van der Waals surface area (Å²) < 4.78 is 72.3. The van der Waals surface area contributed by atoms with Crippen LogP contribution in [0, 0.1) is 0 Å². The number of hydrogen-bond acceptors (Lipinski definition) is 2. The molecule has 0 bridgehead atoms. The first kappa shape index (κ1) is 19.2. The predicted octanol–water partition coefficient (Wildman–Crippen LogP) is 5.50. The molecular formula is C18H17F5O2. The van der Waals surface area contributed by atoms with E-state index >= 15 is 0 Å². The number of rotatable bonds is 7. The van der Waals surface area contributed by atoms with Gasteiger partial charge < -0.3 is 9.47 Å². The number of benzene rings is 2. The molecule has 0 spiro atoms. The SMILES string of the molecule is CCc1ccc(COC(F)(F)Cc2ccc(OC(F)(F)F)cc2)cc1. The summed E-state index contributed by atoms with van der Waals surface area (Å²) in [7, 11) is 0.